The Morgan fingerprint density at radius 1 is 1.08 bits per heavy atom. The molecule has 0 aliphatic heterocycles. The molecule has 1 aromatic carbocycles. The first-order valence-corrected chi connectivity index (χ1v) is 8.38. The summed E-state index contributed by atoms with van der Waals surface area (Å²) in [5.74, 6) is -0.0770. The maximum Gasteiger partial charge on any atom is 0.237 e. The van der Waals surface area contributed by atoms with E-state index in [0.717, 1.165) is 5.69 Å². The number of carbonyl (C=O) groups excluding carboxylic acids is 1. The van der Waals surface area contributed by atoms with Gasteiger partial charge in [-0.1, -0.05) is 44.7 Å². The fourth-order valence-electron chi connectivity index (χ4n) is 1.95. The summed E-state index contributed by atoms with van der Waals surface area (Å²) < 4.78 is 0. The van der Waals surface area contributed by atoms with Crippen molar-refractivity contribution >= 4 is 35.3 Å². The number of rotatable bonds is 4. The third kappa shape index (κ3) is 4.82. The highest BCUT2D eigenvalue weighted by Gasteiger charge is 2.18. The zero-order chi connectivity index (χ0) is 17.9. The smallest absolute Gasteiger partial charge is 0.237 e. The van der Waals surface area contributed by atoms with E-state index in [1.165, 1.54) is 17.3 Å². The van der Waals surface area contributed by atoms with Crippen LogP contribution in [0.2, 0.25) is 0 Å². The van der Waals surface area contributed by atoms with E-state index in [-0.39, 0.29) is 23.2 Å². The predicted molar refractivity (Wildman–Crippen MR) is 97.7 cm³/mol. The third-order valence-corrected chi connectivity index (χ3v) is 4.28. The molecule has 1 aromatic heterocycles. The zero-order valence-electron chi connectivity index (χ0n) is 14.2. The highest BCUT2D eigenvalue weighted by Crippen LogP contribution is 2.25. The van der Waals surface area contributed by atoms with Crippen molar-refractivity contribution in [1.82, 2.24) is 15.0 Å². The Hall–Kier alpha value is -2.35. The van der Waals surface area contributed by atoms with E-state index in [0.29, 0.717) is 5.16 Å². The van der Waals surface area contributed by atoms with Crippen LogP contribution in [0.1, 0.15) is 33.3 Å². The van der Waals surface area contributed by atoms with Crippen LogP contribution in [-0.2, 0) is 10.2 Å². The Labute approximate surface area is 145 Å². The number of anilines is 3. The van der Waals surface area contributed by atoms with Gasteiger partial charge in [-0.15, -0.1) is 0 Å². The highest BCUT2D eigenvalue weighted by molar-refractivity contribution is 8.00. The molecule has 0 radical (unpaired) electrons. The highest BCUT2D eigenvalue weighted by atomic mass is 32.2. The van der Waals surface area contributed by atoms with Crippen LogP contribution in [0.25, 0.3) is 0 Å². The average Bonchev–Trinajstić information content (AvgIpc) is 2.45. The summed E-state index contributed by atoms with van der Waals surface area (Å²) in [5, 5.41) is 2.79. The monoisotopic (exact) mass is 346 g/mol. The molecule has 0 fully saturated rings. The molecule has 0 spiro atoms. The van der Waals surface area contributed by atoms with Crippen molar-refractivity contribution in [3.63, 3.8) is 0 Å². The van der Waals surface area contributed by atoms with Crippen LogP contribution in [0.3, 0.4) is 0 Å². The van der Waals surface area contributed by atoms with Gasteiger partial charge in [0.05, 0.1) is 5.25 Å². The normalized spacial score (nSPS) is 12.7. The molecule has 0 aliphatic carbocycles. The van der Waals surface area contributed by atoms with E-state index in [4.69, 9.17) is 11.5 Å². The van der Waals surface area contributed by atoms with Crippen LogP contribution in [0.4, 0.5) is 17.6 Å². The lowest BCUT2D eigenvalue weighted by molar-refractivity contribution is -0.115. The molecule has 2 aromatic rings. The number of aromatic nitrogens is 3. The van der Waals surface area contributed by atoms with E-state index in [9.17, 15) is 4.79 Å². The summed E-state index contributed by atoms with van der Waals surface area (Å²) in [6.45, 7) is 8.20. The van der Waals surface area contributed by atoms with E-state index >= 15 is 0 Å². The summed E-state index contributed by atoms with van der Waals surface area (Å²) >= 11 is 1.17. The molecule has 24 heavy (non-hydrogen) atoms. The van der Waals surface area contributed by atoms with E-state index in [1.807, 2.05) is 24.3 Å². The molecule has 1 atom stereocenters. The summed E-state index contributed by atoms with van der Waals surface area (Å²) in [6.07, 6.45) is 0. The predicted octanol–water partition coefficient (Wildman–Crippen LogP) is 2.45. The molecule has 0 saturated carbocycles. The third-order valence-electron chi connectivity index (χ3n) is 3.32. The van der Waals surface area contributed by atoms with Gasteiger partial charge in [-0.2, -0.15) is 15.0 Å². The first kappa shape index (κ1) is 18.0. The molecule has 1 amide bonds. The van der Waals surface area contributed by atoms with Crippen molar-refractivity contribution in [3.05, 3.63) is 29.8 Å². The number of amides is 1. The fourth-order valence-corrected chi connectivity index (χ4v) is 2.72. The van der Waals surface area contributed by atoms with Crippen LogP contribution in [-0.4, -0.2) is 26.1 Å². The number of thioether (sulfide) groups is 1. The number of nitrogen functional groups attached to an aromatic ring is 2. The van der Waals surface area contributed by atoms with Crippen molar-refractivity contribution in [2.24, 2.45) is 0 Å². The minimum absolute atomic E-state index is 0.0374. The minimum Gasteiger partial charge on any atom is -0.368 e. The maximum absolute atomic E-state index is 12.3. The van der Waals surface area contributed by atoms with Gasteiger partial charge in [0.15, 0.2) is 5.16 Å². The van der Waals surface area contributed by atoms with E-state index in [1.54, 1.807) is 6.92 Å². The first-order valence-electron chi connectivity index (χ1n) is 7.50. The van der Waals surface area contributed by atoms with Gasteiger partial charge in [0.25, 0.3) is 0 Å². The van der Waals surface area contributed by atoms with E-state index < -0.39 is 5.25 Å². The van der Waals surface area contributed by atoms with Crippen molar-refractivity contribution in [1.29, 1.82) is 0 Å². The molecule has 7 nitrogen and oxygen atoms in total. The minimum atomic E-state index is -0.409. The van der Waals surface area contributed by atoms with Crippen LogP contribution < -0.4 is 16.8 Å². The Balaban J connectivity index is 2.01. The summed E-state index contributed by atoms with van der Waals surface area (Å²) in [7, 11) is 0. The number of benzene rings is 1. The van der Waals surface area contributed by atoms with Crippen LogP contribution in [0.15, 0.2) is 29.4 Å². The van der Waals surface area contributed by atoms with Gasteiger partial charge in [-0.05, 0) is 30.0 Å². The van der Waals surface area contributed by atoms with Gasteiger partial charge in [-0.3, -0.25) is 4.79 Å². The van der Waals surface area contributed by atoms with Crippen LogP contribution in [0, 0.1) is 0 Å². The summed E-state index contributed by atoms with van der Waals surface area (Å²) in [5.41, 5.74) is 13.1. The molecular weight excluding hydrogens is 324 g/mol. The van der Waals surface area contributed by atoms with Crippen molar-refractivity contribution < 1.29 is 4.79 Å². The van der Waals surface area contributed by atoms with Crippen LogP contribution >= 0.6 is 11.8 Å². The largest absolute Gasteiger partial charge is 0.368 e. The van der Waals surface area contributed by atoms with Gasteiger partial charge in [0, 0.05) is 5.69 Å². The van der Waals surface area contributed by atoms with E-state index in [2.05, 4.69) is 41.0 Å². The van der Waals surface area contributed by atoms with Crippen molar-refractivity contribution in [2.75, 3.05) is 16.8 Å². The number of hydrogen-bond donors (Lipinski definition) is 3. The Bertz CT molecular complexity index is 706. The number of nitrogens with two attached hydrogens (primary N) is 2. The maximum atomic E-state index is 12.3. The second-order valence-electron chi connectivity index (χ2n) is 6.41. The zero-order valence-corrected chi connectivity index (χ0v) is 15.0. The topological polar surface area (TPSA) is 120 Å². The molecular formula is C16H22N6OS. The quantitative estimate of drug-likeness (QED) is 0.727. The fraction of sp³-hybridized carbons (Fsp3) is 0.375. The molecule has 5 N–H and O–H groups in total. The standard InChI is InChI=1S/C16H22N6OS/c1-9(24-15-21-13(17)20-14(18)22-15)12(23)19-11-7-5-10(6-8-11)16(2,3)4/h5-9H,1-4H3,(H,19,23)(H4,17,18,20,21,22)/t9-/m0/s1. The number of nitrogens with one attached hydrogen (secondary N) is 1. The number of carbonyl (C=O) groups is 1. The number of hydrogen-bond acceptors (Lipinski definition) is 7. The molecule has 0 aliphatic rings. The number of nitrogens with zero attached hydrogens (tertiary/aromatic N) is 3. The lowest BCUT2D eigenvalue weighted by Gasteiger charge is -2.19. The molecule has 1 heterocycles. The molecule has 0 bridgehead atoms. The molecule has 128 valence electrons. The van der Waals surface area contributed by atoms with Crippen molar-refractivity contribution in [3.8, 4) is 0 Å². The van der Waals surface area contributed by atoms with Gasteiger partial charge in [0.1, 0.15) is 0 Å². The van der Waals surface area contributed by atoms with Gasteiger partial charge < -0.3 is 16.8 Å². The summed E-state index contributed by atoms with van der Waals surface area (Å²) in [6, 6.07) is 7.82. The molecule has 0 unspecified atom stereocenters. The lowest BCUT2D eigenvalue weighted by atomic mass is 9.87. The second kappa shape index (κ2) is 7.04. The van der Waals surface area contributed by atoms with Gasteiger partial charge in [0.2, 0.25) is 17.8 Å². The van der Waals surface area contributed by atoms with Gasteiger partial charge >= 0.3 is 0 Å². The lowest BCUT2D eigenvalue weighted by Crippen LogP contribution is -2.23. The Kier molecular flexibility index (Phi) is 5.28. The van der Waals surface area contributed by atoms with Crippen LogP contribution in [0.5, 0.6) is 0 Å². The Morgan fingerprint density at radius 3 is 2.12 bits per heavy atom. The summed E-state index contributed by atoms with van der Waals surface area (Å²) in [4.78, 5) is 23.9. The van der Waals surface area contributed by atoms with Gasteiger partial charge in [-0.25, -0.2) is 0 Å². The second-order valence-corrected chi connectivity index (χ2v) is 7.72. The van der Waals surface area contributed by atoms with Crippen molar-refractivity contribution in [2.45, 2.75) is 43.5 Å². The molecule has 8 heteroatoms. The molecule has 2 rings (SSSR count). The Morgan fingerprint density at radius 2 is 1.62 bits per heavy atom. The molecule has 0 saturated heterocycles. The average molecular weight is 346 g/mol. The first-order chi connectivity index (χ1) is 11.1. The SMILES string of the molecule is C[C@H](Sc1nc(N)nc(N)n1)C(=O)Nc1ccc(C(C)(C)C)cc1.